The molecule has 0 aliphatic rings. The summed E-state index contributed by atoms with van der Waals surface area (Å²) in [5.41, 5.74) is 18.7. The van der Waals surface area contributed by atoms with E-state index in [-0.39, 0.29) is 5.82 Å². The van der Waals surface area contributed by atoms with Crippen LogP contribution in [-0.2, 0) is 0 Å². The van der Waals surface area contributed by atoms with E-state index in [4.69, 9.17) is 40.4 Å². The van der Waals surface area contributed by atoms with E-state index in [1.165, 1.54) is 6.07 Å². The van der Waals surface area contributed by atoms with Crippen molar-refractivity contribution in [3.05, 3.63) is 52.5 Å². The van der Waals surface area contributed by atoms with E-state index in [0.717, 1.165) is 0 Å². The summed E-state index contributed by atoms with van der Waals surface area (Å²) in [6, 6.07) is 11.8. The van der Waals surface area contributed by atoms with Gasteiger partial charge in [0.05, 0.1) is 10.7 Å². The van der Waals surface area contributed by atoms with Crippen molar-refractivity contribution in [2.75, 3.05) is 17.2 Å². The van der Waals surface area contributed by atoms with Gasteiger partial charge >= 0.3 is 0 Å². The molecule has 3 aromatic heterocycles. The Morgan fingerprint density at radius 1 is 0.857 bits per heavy atom. The van der Waals surface area contributed by atoms with Gasteiger partial charge in [-0.1, -0.05) is 28.4 Å². The van der Waals surface area contributed by atoms with Gasteiger partial charge in [0, 0.05) is 11.1 Å². The molecule has 0 spiro atoms. The van der Waals surface area contributed by atoms with E-state index < -0.39 is 0 Å². The van der Waals surface area contributed by atoms with Crippen LogP contribution in [0.1, 0.15) is 0 Å². The first-order chi connectivity index (χ1) is 13.4. The molecule has 4 aromatic rings. The number of H-pyrrole nitrogens is 1. The molecule has 7 N–H and O–H groups in total. The van der Waals surface area contributed by atoms with E-state index in [1.54, 1.807) is 36.4 Å². The second-order valence-corrected chi connectivity index (χ2v) is 6.20. The van der Waals surface area contributed by atoms with E-state index in [9.17, 15) is 0 Å². The Morgan fingerprint density at radius 2 is 1.61 bits per heavy atom. The van der Waals surface area contributed by atoms with Crippen LogP contribution in [0.5, 0.6) is 0 Å². The molecule has 0 bridgehead atoms. The fraction of sp³-hybridized carbons (Fsp3) is 0. The highest BCUT2D eigenvalue weighted by Crippen LogP contribution is 2.24. The number of rotatable bonds is 2. The lowest BCUT2D eigenvalue weighted by molar-refractivity contribution is 0.955. The predicted molar refractivity (Wildman–Crippen MR) is 110 cm³/mol. The zero-order valence-electron chi connectivity index (χ0n) is 14.2. The highest BCUT2D eigenvalue weighted by molar-refractivity contribution is 6.34. The third-order valence-electron chi connectivity index (χ3n) is 3.30. The number of nitrogens with two attached hydrogens (primary N) is 3. The number of halogens is 2. The third-order valence-corrected chi connectivity index (χ3v) is 3.84. The number of azo groups is 1. The molecule has 0 atom stereocenters. The molecule has 4 rings (SSSR count). The zero-order valence-corrected chi connectivity index (χ0v) is 15.7. The van der Waals surface area contributed by atoms with Crippen molar-refractivity contribution in [1.29, 1.82) is 0 Å². The monoisotopic (exact) mass is 416 g/mol. The lowest BCUT2D eigenvalue weighted by atomic mass is 10.3. The van der Waals surface area contributed by atoms with Gasteiger partial charge in [-0.25, -0.2) is 15.1 Å². The van der Waals surface area contributed by atoms with Crippen molar-refractivity contribution < 1.29 is 0 Å². The van der Waals surface area contributed by atoms with Crippen LogP contribution >= 0.6 is 23.2 Å². The van der Waals surface area contributed by atoms with Crippen molar-refractivity contribution >= 4 is 63.2 Å². The van der Waals surface area contributed by atoms with Crippen LogP contribution in [-0.4, -0.2) is 25.4 Å². The summed E-state index contributed by atoms with van der Waals surface area (Å²) in [7, 11) is 0. The molecule has 1 aromatic carbocycles. The van der Waals surface area contributed by atoms with Crippen molar-refractivity contribution in [1.82, 2.24) is 25.4 Å². The smallest absolute Gasteiger partial charge is 0.179 e. The van der Waals surface area contributed by atoms with E-state index in [2.05, 4.69) is 35.6 Å². The molecule has 142 valence electrons. The average Bonchev–Trinajstić information content (AvgIpc) is 3.12. The summed E-state index contributed by atoms with van der Waals surface area (Å²) >= 11 is 11.5. The van der Waals surface area contributed by atoms with Gasteiger partial charge < -0.3 is 17.2 Å². The summed E-state index contributed by atoms with van der Waals surface area (Å²) in [6.07, 6.45) is 0. The second-order valence-electron chi connectivity index (χ2n) is 5.35. The number of nitrogens with zero attached hydrogens (tertiary/aromatic N) is 6. The number of hydrogen-bond donors (Lipinski definition) is 4. The number of fused-ring (bicyclic) bond motifs is 1. The Morgan fingerprint density at radius 3 is 2.32 bits per heavy atom. The van der Waals surface area contributed by atoms with Crippen LogP contribution in [0, 0.1) is 0 Å². The van der Waals surface area contributed by atoms with Crippen LogP contribution in [0.2, 0.25) is 10.0 Å². The zero-order chi connectivity index (χ0) is 20.1. The molecule has 0 fully saturated rings. The largest absolute Gasteiger partial charge is 0.384 e. The molecule has 28 heavy (non-hydrogen) atoms. The van der Waals surface area contributed by atoms with Crippen molar-refractivity contribution in [3.8, 4) is 0 Å². The number of aromatic nitrogens is 5. The Balaban J connectivity index is 0.000000176. The van der Waals surface area contributed by atoms with Crippen molar-refractivity contribution in [2.24, 2.45) is 10.2 Å². The topological polar surface area (TPSA) is 170 Å². The van der Waals surface area contributed by atoms with Gasteiger partial charge in [0.2, 0.25) is 0 Å². The normalized spacial score (nSPS) is 10.8. The van der Waals surface area contributed by atoms with Crippen LogP contribution in [0.25, 0.3) is 11.2 Å². The van der Waals surface area contributed by atoms with Crippen LogP contribution in [0.15, 0.2) is 52.7 Å². The molecular weight excluding hydrogens is 403 g/mol. The van der Waals surface area contributed by atoms with Crippen LogP contribution < -0.4 is 17.2 Å². The molecular formula is C16H14Cl2N10. The molecule has 0 radical (unpaired) electrons. The van der Waals surface area contributed by atoms with Gasteiger partial charge in [0.1, 0.15) is 17.3 Å². The summed E-state index contributed by atoms with van der Waals surface area (Å²) < 4.78 is 0. The summed E-state index contributed by atoms with van der Waals surface area (Å²) in [5.74, 6) is 0.962. The van der Waals surface area contributed by atoms with Gasteiger partial charge in [0.15, 0.2) is 17.0 Å². The summed E-state index contributed by atoms with van der Waals surface area (Å²) in [5, 5.41) is 18.9. The molecule has 0 amide bonds. The quantitative estimate of drug-likeness (QED) is 0.358. The van der Waals surface area contributed by atoms with E-state index in [1.807, 2.05) is 0 Å². The summed E-state index contributed by atoms with van der Waals surface area (Å²) in [4.78, 5) is 7.79. The van der Waals surface area contributed by atoms with E-state index >= 15 is 0 Å². The number of hydrogen-bond acceptors (Lipinski definition) is 9. The highest BCUT2D eigenvalue weighted by atomic mass is 35.5. The number of nitrogen functional groups attached to an aromatic ring is 3. The minimum atomic E-state index is 0.253. The number of aromatic amines is 1. The number of benzene rings is 1. The first-order valence-electron chi connectivity index (χ1n) is 7.74. The minimum absolute atomic E-state index is 0.253. The first-order valence-corrected chi connectivity index (χ1v) is 8.50. The maximum atomic E-state index is 5.76. The summed E-state index contributed by atoms with van der Waals surface area (Å²) in [6.45, 7) is 0. The Hall–Kier alpha value is -3.50. The maximum Gasteiger partial charge on any atom is 0.179 e. The Bertz CT molecular complexity index is 1120. The Kier molecular flexibility index (Phi) is 5.82. The first kappa shape index (κ1) is 19.3. The number of nitrogens with one attached hydrogen (secondary N) is 1. The molecule has 10 nitrogen and oxygen atoms in total. The fourth-order valence-corrected chi connectivity index (χ4v) is 2.37. The molecule has 3 heterocycles. The predicted octanol–water partition coefficient (Wildman–Crippen LogP) is 3.90. The SMILES string of the molecule is Nc1cc(Cl)c2nn[nH]c2n1.Nc1ccc(N=Nc2ccc(Cl)cc2)c(N)n1. The molecule has 0 saturated heterocycles. The standard InChI is InChI=1S/C11H10ClN5.C5H4ClN5/c12-7-1-3-8(4-2-7)16-17-9-5-6-10(13)15-11(9)14;6-2-1-3(7)8-5-4(2)9-11-10-5/h1-6H,(H4,13,14,15);1H,(H3,7,8,9,10,11). The van der Waals surface area contributed by atoms with Crippen molar-refractivity contribution in [2.45, 2.75) is 0 Å². The van der Waals surface area contributed by atoms with Gasteiger partial charge in [-0.2, -0.15) is 5.11 Å². The van der Waals surface area contributed by atoms with Gasteiger partial charge in [0.25, 0.3) is 0 Å². The second kappa shape index (κ2) is 8.46. The molecule has 0 aliphatic heterocycles. The average molecular weight is 417 g/mol. The Labute approximate surface area is 168 Å². The van der Waals surface area contributed by atoms with Crippen LogP contribution in [0.3, 0.4) is 0 Å². The molecule has 12 heteroatoms. The fourth-order valence-electron chi connectivity index (χ4n) is 2.01. The van der Waals surface area contributed by atoms with Gasteiger partial charge in [-0.15, -0.1) is 10.2 Å². The van der Waals surface area contributed by atoms with Crippen LogP contribution in [0.4, 0.5) is 28.8 Å². The van der Waals surface area contributed by atoms with Gasteiger partial charge in [-0.05, 0) is 36.4 Å². The number of anilines is 3. The van der Waals surface area contributed by atoms with Gasteiger partial charge in [-0.3, -0.25) is 0 Å². The van der Waals surface area contributed by atoms with Crippen molar-refractivity contribution in [3.63, 3.8) is 0 Å². The molecule has 0 aliphatic carbocycles. The maximum absolute atomic E-state index is 5.76. The molecule has 0 saturated carbocycles. The number of pyridine rings is 2. The molecule has 0 unspecified atom stereocenters. The van der Waals surface area contributed by atoms with E-state index in [0.29, 0.717) is 44.2 Å². The lowest BCUT2D eigenvalue weighted by Crippen LogP contribution is -1.95. The third kappa shape index (κ3) is 4.81. The highest BCUT2D eigenvalue weighted by Gasteiger charge is 2.04. The lowest BCUT2D eigenvalue weighted by Gasteiger charge is -1.98. The minimum Gasteiger partial charge on any atom is -0.384 e.